The van der Waals surface area contributed by atoms with Gasteiger partial charge in [-0.15, -0.1) is 0 Å². The molecule has 2 nitrogen and oxygen atoms in total. The SMILES string of the molecule is CCC1(N)CCCC(N)C1(C)CC. The highest BCUT2D eigenvalue weighted by Crippen LogP contribution is 2.45. The topological polar surface area (TPSA) is 52.0 Å². The van der Waals surface area contributed by atoms with Crippen LogP contribution < -0.4 is 11.5 Å². The van der Waals surface area contributed by atoms with Crippen LogP contribution in [0.2, 0.25) is 0 Å². The van der Waals surface area contributed by atoms with Gasteiger partial charge in [0.25, 0.3) is 0 Å². The van der Waals surface area contributed by atoms with Gasteiger partial charge in [0.2, 0.25) is 0 Å². The quantitative estimate of drug-likeness (QED) is 0.690. The average Bonchev–Trinajstić information content (AvgIpc) is 2.14. The van der Waals surface area contributed by atoms with Gasteiger partial charge in [0.05, 0.1) is 0 Å². The molecule has 0 heterocycles. The summed E-state index contributed by atoms with van der Waals surface area (Å²) in [6.07, 6.45) is 5.62. The monoisotopic (exact) mass is 184 g/mol. The number of nitrogens with two attached hydrogens (primary N) is 2. The summed E-state index contributed by atoms with van der Waals surface area (Å²) in [5, 5.41) is 0. The Morgan fingerprint density at radius 2 is 1.92 bits per heavy atom. The first-order valence-corrected chi connectivity index (χ1v) is 5.54. The van der Waals surface area contributed by atoms with Gasteiger partial charge in [-0.05, 0) is 25.7 Å². The molecule has 1 aliphatic carbocycles. The zero-order valence-corrected chi connectivity index (χ0v) is 9.27. The van der Waals surface area contributed by atoms with Gasteiger partial charge < -0.3 is 11.5 Å². The average molecular weight is 184 g/mol. The Morgan fingerprint density at radius 1 is 1.31 bits per heavy atom. The highest BCUT2D eigenvalue weighted by molar-refractivity contribution is 5.06. The van der Waals surface area contributed by atoms with E-state index in [1.165, 1.54) is 6.42 Å². The maximum Gasteiger partial charge on any atom is 0.0220 e. The summed E-state index contributed by atoms with van der Waals surface area (Å²) in [6, 6.07) is 0.288. The molecule has 0 saturated heterocycles. The molecule has 1 fully saturated rings. The molecule has 0 aliphatic heterocycles. The normalized spacial score (nSPS) is 46.4. The van der Waals surface area contributed by atoms with E-state index in [1.807, 2.05) is 0 Å². The van der Waals surface area contributed by atoms with E-state index in [0.717, 1.165) is 25.7 Å². The summed E-state index contributed by atoms with van der Waals surface area (Å²) in [5.41, 5.74) is 12.8. The first-order chi connectivity index (χ1) is 6.00. The third-order valence-electron chi connectivity index (χ3n) is 4.46. The second-order valence-electron chi connectivity index (χ2n) is 4.78. The molecule has 0 aromatic heterocycles. The van der Waals surface area contributed by atoms with E-state index in [0.29, 0.717) is 0 Å². The van der Waals surface area contributed by atoms with E-state index in [9.17, 15) is 0 Å². The van der Waals surface area contributed by atoms with Gasteiger partial charge in [-0.1, -0.05) is 27.2 Å². The van der Waals surface area contributed by atoms with E-state index < -0.39 is 0 Å². The van der Waals surface area contributed by atoms with Crippen molar-refractivity contribution in [2.24, 2.45) is 16.9 Å². The van der Waals surface area contributed by atoms with Crippen LogP contribution >= 0.6 is 0 Å². The van der Waals surface area contributed by atoms with Crippen molar-refractivity contribution >= 4 is 0 Å². The second kappa shape index (κ2) is 3.58. The molecule has 1 rings (SSSR count). The van der Waals surface area contributed by atoms with Crippen LogP contribution in [0.15, 0.2) is 0 Å². The summed E-state index contributed by atoms with van der Waals surface area (Å²) in [6.45, 7) is 6.66. The summed E-state index contributed by atoms with van der Waals surface area (Å²) in [5.74, 6) is 0. The van der Waals surface area contributed by atoms with Crippen molar-refractivity contribution in [3.8, 4) is 0 Å². The number of hydrogen-bond acceptors (Lipinski definition) is 2. The van der Waals surface area contributed by atoms with Crippen molar-refractivity contribution in [1.82, 2.24) is 0 Å². The molecular formula is C11H24N2. The molecule has 0 radical (unpaired) electrons. The molecule has 0 bridgehead atoms. The molecule has 4 N–H and O–H groups in total. The van der Waals surface area contributed by atoms with E-state index in [2.05, 4.69) is 20.8 Å². The highest BCUT2D eigenvalue weighted by Gasteiger charge is 2.48. The summed E-state index contributed by atoms with van der Waals surface area (Å²) in [4.78, 5) is 0. The Balaban J connectivity index is 2.93. The molecule has 3 atom stereocenters. The lowest BCUT2D eigenvalue weighted by Gasteiger charge is -2.53. The molecule has 78 valence electrons. The van der Waals surface area contributed by atoms with Gasteiger partial charge in [0.15, 0.2) is 0 Å². The molecule has 13 heavy (non-hydrogen) atoms. The first-order valence-electron chi connectivity index (χ1n) is 5.54. The van der Waals surface area contributed by atoms with Crippen molar-refractivity contribution in [1.29, 1.82) is 0 Å². The Bertz CT molecular complexity index is 181. The molecular weight excluding hydrogens is 160 g/mol. The minimum Gasteiger partial charge on any atom is -0.327 e. The van der Waals surface area contributed by atoms with Crippen LogP contribution in [0.4, 0.5) is 0 Å². The van der Waals surface area contributed by atoms with Crippen molar-refractivity contribution in [2.45, 2.75) is 64.5 Å². The van der Waals surface area contributed by atoms with E-state index in [4.69, 9.17) is 11.5 Å². The van der Waals surface area contributed by atoms with Crippen LogP contribution in [0, 0.1) is 5.41 Å². The predicted molar refractivity (Wildman–Crippen MR) is 57.4 cm³/mol. The van der Waals surface area contributed by atoms with E-state index >= 15 is 0 Å². The molecule has 1 aliphatic rings. The lowest BCUT2D eigenvalue weighted by atomic mass is 9.58. The summed E-state index contributed by atoms with van der Waals surface area (Å²) < 4.78 is 0. The lowest BCUT2D eigenvalue weighted by Crippen LogP contribution is -2.63. The van der Waals surface area contributed by atoms with Gasteiger partial charge in [0.1, 0.15) is 0 Å². The minimum atomic E-state index is -0.0284. The van der Waals surface area contributed by atoms with Gasteiger partial charge in [-0.3, -0.25) is 0 Å². The predicted octanol–water partition coefficient (Wildman–Crippen LogP) is 2.02. The van der Waals surface area contributed by atoms with Crippen molar-refractivity contribution in [3.05, 3.63) is 0 Å². The van der Waals surface area contributed by atoms with Crippen LogP contribution in [0.3, 0.4) is 0 Å². The fraction of sp³-hybridized carbons (Fsp3) is 1.00. The van der Waals surface area contributed by atoms with Crippen LogP contribution in [0.25, 0.3) is 0 Å². The Kier molecular flexibility index (Phi) is 3.03. The lowest BCUT2D eigenvalue weighted by molar-refractivity contribution is 0.0485. The highest BCUT2D eigenvalue weighted by atomic mass is 14.9. The third kappa shape index (κ3) is 1.50. The standard InChI is InChI=1S/C11H24N2/c1-4-10(3)9(12)7-6-8-11(10,13)5-2/h9H,4-8,12-13H2,1-3H3. The van der Waals surface area contributed by atoms with Gasteiger partial charge in [0, 0.05) is 17.0 Å². The van der Waals surface area contributed by atoms with Gasteiger partial charge >= 0.3 is 0 Å². The minimum absolute atomic E-state index is 0.0284. The smallest absolute Gasteiger partial charge is 0.0220 e. The maximum absolute atomic E-state index is 6.46. The summed E-state index contributed by atoms with van der Waals surface area (Å²) in [7, 11) is 0. The van der Waals surface area contributed by atoms with Crippen molar-refractivity contribution in [3.63, 3.8) is 0 Å². The molecule has 2 heteroatoms. The van der Waals surface area contributed by atoms with E-state index in [1.54, 1.807) is 0 Å². The fourth-order valence-corrected chi connectivity index (χ4v) is 2.81. The van der Waals surface area contributed by atoms with Crippen LogP contribution in [0.5, 0.6) is 0 Å². The first kappa shape index (κ1) is 11.0. The zero-order chi connectivity index (χ0) is 10.1. The Labute approximate surface area is 82.1 Å². The fourth-order valence-electron chi connectivity index (χ4n) is 2.81. The van der Waals surface area contributed by atoms with E-state index in [-0.39, 0.29) is 17.0 Å². The largest absolute Gasteiger partial charge is 0.327 e. The Hall–Kier alpha value is -0.0800. The zero-order valence-electron chi connectivity index (χ0n) is 9.27. The van der Waals surface area contributed by atoms with Gasteiger partial charge in [-0.25, -0.2) is 0 Å². The third-order valence-corrected chi connectivity index (χ3v) is 4.46. The molecule has 0 aromatic carbocycles. The number of hydrogen-bond donors (Lipinski definition) is 2. The molecule has 3 unspecified atom stereocenters. The molecule has 0 aromatic rings. The molecule has 0 amide bonds. The number of rotatable bonds is 2. The van der Waals surface area contributed by atoms with Crippen LogP contribution in [-0.2, 0) is 0 Å². The molecule has 1 saturated carbocycles. The van der Waals surface area contributed by atoms with Crippen LogP contribution in [-0.4, -0.2) is 11.6 Å². The maximum atomic E-state index is 6.46. The van der Waals surface area contributed by atoms with Crippen molar-refractivity contribution in [2.75, 3.05) is 0 Å². The summed E-state index contributed by atoms with van der Waals surface area (Å²) >= 11 is 0. The van der Waals surface area contributed by atoms with Gasteiger partial charge in [-0.2, -0.15) is 0 Å². The second-order valence-corrected chi connectivity index (χ2v) is 4.78. The molecule has 0 spiro atoms. The van der Waals surface area contributed by atoms with Crippen LogP contribution in [0.1, 0.15) is 52.9 Å². The van der Waals surface area contributed by atoms with Crippen molar-refractivity contribution < 1.29 is 0 Å². The Morgan fingerprint density at radius 3 is 2.31 bits per heavy atom.